The van der Waals surface area contributed by atoms with Gasteiger partial charge in [-0.2, -0.15) is 0 Å². The van der Waals surface area contributed by atoms with Gasteiger partial charge in [0.25, 0.3) is 0 Å². The summed E-state index contributed by atoms with van der Waals surface area (Å²) in [6.07, 6.45) is 0.974. The van der Waals surface area contributed by atoms with E-state index < -0.39 is 78.6 Å². The SMILES string of the molecule is C.CC[C@H]1OC(=O)C[C@@H](O)[C@H](C)[C@@H](O[C@@H]2O[C@H](C)[C@@H](O)C(N(C)C)C2O)[C@@H](CCN(CCn2cc(-c3cccc(N)c3)nn2)Cc2ccccc2)C[C@@H](C)C(=O)/C=C/C(C)=C/[C@@H]1CO. The molecule has 3 heterocycles. The molecular weight excluding hydrogens is 817 g/mol. The van der Waals surface area contributed by atoms with Crippen LogP contribution in [0.4, 0.5) is 5.69 Å². The second kappa shape index (κ2) is 24.8. The van der Waals surface area contributed by atoms with Gasteiger partial charge in [-0.25, -0.2) is 0 Å². The molecule has 1 aromatic heterocycles. The number of nitrogen functional groups attached to an aromatic ring is 1. The maximum Gasteiger partial charge on any atom is 0.308 e. The largest absolute Gasteiger partial charge is 0.462 e. The lowest BCUT2D eigenvalue weighted by Crippen LogP contribution is -2.63. The Hall–Kier alpha value is -4.32. The van der Waals surface area contributed by atoms with Gasteiger partial charge >= 0.3 is 5.97 Å². The summed E-state index contributed by atoms with van der Waals surface area (Å²) in [5, 5.41) is 53.7. The average molecular weight is 891 g/mol. The summed E-state index contributed by atoms with van der Waals surface area (Å²) >= 11 is 0. The highest BCUT2D eigenvalue weighted by molar-refractivity contribution is 5.91. The van der Waals surface area contributed by atoms with Crippen LogP contribution in [0.15, 0.2) is 84.6 Å². The van der Waals surface area contributed by atoms with E-state index in [2.05, 4.69) is 27.3 Å². The third-order valence-corrected chi connectivity index (χ3v) is 12.6. The van der Waals surface area contributed by atoms with Crippen molar-refractivity contribution in [1.82, 2.24) is 24.8 Å². The first kappa shape index (κ1) is 52.3. The number of carbonyl (C=O) groups is 2. The van der Waals surface area contributed by atoms with E-state index in [-0.39, 0.29) is 26.2 Å². The van der Waals surface area contributed by atoms with Crippen molar-refractivity contribution in [3.8, 4) is 11.3 Å². The van der Waals surface area contributed by atoms with Crippen LogP contribution in [0.2, 0.25) is 0 Å². The summed E-state index contributed by atoms with van der Waals surface area (Å²) in [4.78, 5) is 31.5. The lowest BCUT2D eigenvalue weighted by Gasteiger charge is -2.46. The Bertz CT molecular complexity index is 1960. The molecule has 15 nitrogen and oxygen atoms in total. The molecule has 0 spiro atoms. The molecule has 2 unspecified atom stereocenters. The fourth-order valence-electron chi connectivity index (χ4n) is 8.80. The zero-order chi connectivity index (χ0) is 45.8. The van der Waals surface area contributed by atoms with Crippen molar-refractivity contribution in [2.45, 2.75) is 130 Å². The minimum absolute atomic E-state index is 0. The van der Waals surface area contributed by atoms with Crippen LogP contribution in [0.1, 0.15) is 73.3 Å². The third-order valence-electron chi connectivity index (χ3n) is 12.6. The van der Waals surface area contributed by atoms with Gasteiger partial charge in [0.15, 0.2) is 12.1 Å². The second-order valence-electron chi connectivity index (χ2n) is 17.7. The first-order valence-corrected chi connectivity index (χ1v) is 22.3. The van der Waals surface area contributed by atoms with E-state index in [1.807, 2.05) is 69.4 Å². The quantitative estimate of drug-likeness (QED) is 0.108. The van der Waals surface area contributed by atoms with Crippen molar-refractivity contribution in [2.75, 3.05) is 39.5 Å². The molecule has 0 radical (unpaired) electrons. The van der Waals surface area contributed by atoms with E-state index in [1.165, 1.54) is 0 Å². The Balaban J connectivity index is 0.00000898. The molecule has 1 saturated heterocycles. The molecular formula is C49H74N6O9. The first-order valence-electron chi connectivity index (χ1n) is 22.3. The zero-order valence-electron chi connectivity index (χ0n) is 37.9. The molecule has 12 atom stereocenters. The first-order chi connectivity index (χ1) is 30.1. The number of nitrogens with zero attached hydrogens (tertiary/aromatic N) is 5. The Morgan fingerprint density at radius 2 is 1.72 bits per heavy atom. The van der Waals surface area contributed by atoms with Gasteiger partial charge in [0.2, 0.25) is 0 Å². The number of ketones is 1. The zero-order valence-corrected chi connectivity index (χ0v) is 37.9. The molecule has 2 aliphatic heterocycles. The van der Waals surface area contributed by atoms with Crippen LogP contribution < -0.4 is 5.73 Å². The number of aliphatic hydroxyl groups excluding tert-OH is 4. The van der Waals surface area contributed by atoms with Crippen molar-refractivity contribution in [3.05, 3.63) is 90.2 Å². The predicted octanol–water partition coefficient (Wildman–Crippen LogP) is 4.88. The number of anilines is 1. The van der Waals surface area contributed by atoms with Crippen LogP contribution in [-0.4, -0.2) is 140 Å². The van der Waals surface area contributed by atoms with Gasteiger partial charge in [0.1, 0.15) is 17.9 Å². The number of cyclic esters (lactones) is 1. The Kier molecular flexibility index (Phi) is 20.3. The fraction of sp³-hybridized carbons (Fsp3) is 0.592. The second-order valence-corrected chi connectivity index (χ2v) is 17.7. The lowest BCUT2D eigenvalue weighted by molar-refractivity contribution is -0.304. The molecule has 354 valence electrons. The molecule has 0 amide bonds. The highest BCUT2D eigenvalue weighted by Crippen LogP contribution is 2.35. The molecule has 0 aliphatic carbocycles. The predicted molar refractivity (Wildman–Crippen MR) is 247 cm³/mol. The summed E-state index contributed by atoms with van der Waals surface area (Å²) in [5.41, 5.74) is 10.1. The minimum Gasteiger partial charge on any atom is -0.462 e. The van der Waals surface area contributed by atoms with Gasteiger partial charge < -0.3 is 45.3 Å². The van der Waals surface area contributed by atoms with Crippen molar-refractivity contribution < 1.29 is 44.2 Å². The van der Waals surface area contributed by atoms with E-state index in [9.17, 15) is 30.0 Å². The van der Waals surface area contributed by atoms with Crippen molar-refractivity contribution in [1.29, 1.82) is 0 Å². The molecule has 1 fully saturated rings. The van der Waals surface area contributed by atoms with Gasteiger partial charge in [0, 0.05) is 42.1 Å². The smallest absolute Gasteiger partial charge is 0.308 e. The fourth-order valence-corrected chi connectivity index (χ4v) is 8.80. The van der Waals surface area contributed by atoms with Crippen molar-refractivity contribution >= 4 is 17.4 Å². The average Bonchev–Trinajstić information content (AvgIpc) is 3.74. The number of rotatable bonds is 14. The van der Waals surface area contributed by atoms with Gasteiger partial charge in [0.05, 0.1) is 56.2 Å². The normalized spacial score (nSPS) is 31.2. The molecule has 2 aromatic carbocycles. The maximum absolute atomic E-state index is 13.9. The number of allylic oxidation sites excluding steroid dienone is 3. The number of hydrogen-bond acceptors (Lipinski definition) is 14. The number of ether oxygens (including phenoxy) is 3. The molecule has 3 aromatic rings. The number of nitrogens with two attached hydrogens (primary N) is 1. The Morgan fingerprint density at radius 3 is 2.39 bits per heavy atom. The van der Waals surface area contributed by atoms with Gasteiger partial charge in [-0.05, 0) is 83.4 Å². The third kappa shape index (κ3) is 14.3. The highest BCUT2D eigenvalue weighted by atomic mass is 16.7. The number of aromatic nitrogens is 3. The van der Waals surface area contributed by atoms with Crippen LogP contribution >= 0.6 is 0 Å². The number of benzene rings is 2. The number of hydrogen-bond donors (Lipinski definition) is 5. The van der Waals surface area contributed by atoms with E-state index in [0.29, 0.717) is 56.8 Å². The van der Waals surface area contributed by atoms with Crippen molar-refractivity contribution in [2.24, 2.45) is 23.7 Å². The summed E-state index contributed by atoms with van der Waals surface area (Å²) in [5.74, 6) is -2.85. The molecule has 0 bridgehead atoms. The molecule has 5 rings (SSSR count). The maximum atomic E-state index is 13.9. The van der Waals surface area contributed by atoms with E-state index in [1.54, 1.807) is 55.8 Å². The summed E-state index contributed by atoms with van der Waals surface area (Å²) in [7, 11) is 3.53. The van der Waals surface area contributed by atoms with Crippen LogP contribution in [-0.2, 0) is 36.9 Å². The lowest BCUT2D eigenvalue weighted by atomic mass is 9.79. The molecule has 64 heavy (non-hydrogen) atoms. The van der Waals surface area contributed by atoms with Gasteiger partial charge in [-0.15, -0.1) is 5.10 Å². The minimum atomic E-state index is -1.27. The van der Waals surface area contributed by atoms with Crippen LogP contribution in [0.5, 0.6) is 0 Å². The topological polar surface area (TPSA) is 206 Å². The van der Waals surface area contributed by atoms with E-state index in [0.717, 1.165) is 16.7 Å². The van der Waals surface area contributed by atoms with E-state index in [4.69, 9.17) is 19.9 Å². The van der Waals surface area contributed by atoms with Gasteiger partial charge in [-0.1, -0.05) is 93.6 Å². The highest BCUT2D eigenvalue weighted by Gasteiger charge is 2.47. The summed E-state index contributed by atoms with van der Waals surface area (Å²) in [6.45, 7) is 11.1. The van der Waals surface area contributed by atoms with Gasteiger partial charge in [-0.3, -0.25) is 19.2 Å². The molecule has 6 N–H and O–H groups in total. The summed E-state index contributed by atoms with van der Waals surface area (Å²) in [6, 6.07) is 16.9. The molecule has 15 heteroatoms. The van der Waals surface area contributed by atoms with Crippen molar-refractivity contribution in [3.63, 3.8) is 0 Å². The van der Waals surface area contributed by atoms with Crippen LogP contribution in [0.3, 0.4) is 0 Å². The standard InChI is InChI=1S/C48H70N6O9.CH4/c1-8-42-37(29-55)23-30(2)17-18-40(56)31(3)24-36(47(32(4)41(57)26-43(58)62-42)63-48-46(60)44(52(6)7)45(59)33(5)61-48)19-20-53(27-34-13-10-9-11-14-34)21-22-54-28-39(50-51-54)35-15-12-16-38(49)25-35;/h9-18,23,25,28,31-33,36-37,41-42,44-48,55,57,59-60H,8,19-22,24,26-27,29,49H2,1-7H3;1H4/b18-17+,30-23+;/t31-,32+,33-,36+,37-,41-,42-,44?,45-,46?,47-,48+;/m1./s1. The number of esters is 1. The Morgan fingerprint density at radius 1 is 0.984 bits per heavy atom. The van der Waals surface area contributed by atoms with Crippen LogP contribution in [0.25, 0.3) is 11.3 Å². The molecule has 0 saturated carbocycles. The summed E-state index contributed by atoms with van der Waals surface area (Å²) < 4.78 is 20.7. The Labute approximate surface area is 379 Å². The number of carbonyl (C=O) groups excluding carboxylic acids is 2. The number of aliphatic hydroxyl groups is 4. The van der Waals surface area contributed by atoms with Crippen LogP contribution in [0, 0.1) is 23.7 Å². The van der Waals surface area contributed by atoms with E-state index >= 15 is 0 Å². The monoisotopic (exact) mass is 891 g/mol. The number of likely N-dealkylation sites (N-methyl/N-ethyl adjacent to an activating group) is 1. The molecule has 2 aliphatic rings.